The molecule has 148 valence electrons. The van der Waals surface area contributed by atoms with Gasteiger partial charge in [0.15, 0.2) is 0 Å². The van der Waals surface area contributed by atoms with Crippen LogP contribution in [0.2, 0.25) is 5.02 Å². The van der Waals surface area contributed by atoms with Crippen LogP contribution < -0.4 is 4.90 Å². The molecule has 0 radical (unpaired) electrons. The zero-order valence-corrected chi connectivity index (χ0v) is 17.5. The Kier molecular flexibility index (Phi) is 6.72. The highest BCUT2D eigenvalue weighted by Crippen LogP contribution is 2.32. The number of halogens is 1. The highest BCUT2D eigenvalue weighted by atomic mass is 35.5. The average molecular weight is 395 g/mol. The molecule has 0 N–H and O–H groups in total. The minimum absolute atomic E-state index is 0.828. The van der Waals surface area contributed by atoms with Gasteiger partial charge >= 0.3 is 0 Å². The Morgan fingerprint density at radius 2 is 1.39 bits per heavy atom. The lowest BCUT2D eigenvalue weighted by atomic mass is 9.88. The Balaban J connectivity index is 1.47. The van der Waals surface area contributed by atoms with Gasteiger partial charge < -0.3 is 4.90 Å². The van der Waals surface area contributed by atoms with Gasteiger partial charge in [0.05, 0.1) is 0 Å². The van der Waals surface area contributed by atoms with Crippen LogP contribution in [0.15, 0.2) is 60.2 Å². The van der Waals surface area contributed by atoms with Crippen LogP contribution in [0.4, 0.5) is 5.69 Å². The number of anilines is 1. The van der Waals surface area contributed by atoms with Crippen LogP contribution in [0.5, 0.6) is 0 Å². The Morgan fingerprint density at radius 1 is 0.714 bits per heavy atom. The summed E-state index contributed by atoms with van der Waals surface area (Å²) in [5.41, 5.74) is 5.98. The molecule has 1 fully saturated rings. The highest BCUT2D eigenvalue weighted by molar-refractivity contribution is 6.30. The van der Waals surface area contributed by atoms with E-state index in [0.29, 0.717) is 0 Å². The van der Waals surface area contributed by atoms with E-state index in [-0.39, 0.29) is 0 Å². The molecule has 0 unspecified atom stereocenters. The summed E-state index contributed by atoms with van der Waals surface area (Å²) in [5.74, 6) is 0. The largest absolute Gasteiger partial charge is 0.369 e. The molecule has 2 aromatic rings. The third-order valence-corrected chi connectivity index (χ3v) is 6.43. The van der Waals surface area contributed by atoms with Gasteiger partial charge in [-0.05, 0) is 61.1 Å². The van der Waals surface area contributed by atoms with Gasteiger partial charge in [0.1, 0.15) is 0 Å². The van der Waals surface area contributed by atoms with Gasteiger partial charge in [-0.15, -0.1) is 0 Å². The number of para-hydroxylation sites is 1. The third kappa shape index (κ3) is 4.98. The van der Waals surface area contributed by atoms with Crippen molar-refractivity contribution in [3.05, 3.63) is 70.8 Å². The van der Waals surface area contributed by atoms with E-state index >= 15 is 0 Å². The molecule has 0 bridgehead atoms. The van der Waals surface area contributed by atoms with Crippen molar-refractivity contribution in [1.82, 2.24) is 4.90 Å². The molecule has 1 saturated heterocycles. The Hall–Kier alpha value is -1.77. The summed E-state index contributed by atoms with van der Waals surface area (Å²) in [7, 11) is 0. The normalized spacial score (nSPS) is 22.0. The van der Waals surface area contributed by atoms with E-state index in [1.165, 1.54) is 49.8 Å². The van der Waals surface area contributed by atoms with E-state index in [1.807, 2.05) is 12.1 Å². The number of nitrogens with zero attached hydrogens (tertiary/aromatic N) is 2. The monoisotopic (exact) mass is 394 g/mol. The molecular weight excluding hydrogens is 364 g/mol. The van der Waals surface area contributed by atoms with Gasteiger partial charge in [0.25, 0.3) is 0 Å². The number of piperazine rings is 1. The molecule has 1 aliphatic carbocycles. The topological polar surface area (TPSA) is 6.48 Å². The molecule has 0 aromatic heterocycles. The third-order valence-electron chi connectivity index (χ3n) is 6.18. The molecule has 0 amide bonds. The van der Waals surface area contributed by atoms with Gasteiger partial charge in [-0.3, -0.25) is 4.90 Å². The van der Waals surface area contributed by atoms with Crippen LogP contribution in [0, 0.1) is 0 Å². The molecular formula is C25H31ClN2. The van der Waals surface area contributed by atoms with E-state index in [9.17, 15) is 0 Å². The lowest BCUT2D eigenvalue weighted by Gasteiger charge is -2.37. The fourth-order valence-corrected chi connectivity index (χ4v) is 4.69. The first kappa shape index (κ1) is 19.5. The van der Waals surface area contributed by atoms with E-state index in [2.05, 4.69) is 52.3 Å². The minimum atomic E-state index is 0.828. The number of allylic oxidation sites excluding steroid dienone is 1. The van der Waals surface area contributed by atoms with Gasteiger partial charge in [0.2, 0.25) is 0 Å². The maximum atomic E-state index is 6.14. The molecule has 3 heteroatoms. The molecule has 1 heterocycles. The van der Waals surface area contributed by atoms with Gasteiger partial charge in [0, 0.05) is 43.4 Å². The molecule has 4 rings (SSSR count). The van der Waals surface area contributed by atoms with Gasteiger partial charge in [-0.2, -0.15) is 0 Å². The molecule has 0 atom stereocenters. The quantitative estimate of drug-likeness (QED) is 0.602. The molecule has 2 aliphatic rings. The van der Waals surface area contributed by atoms with E-state index < -0.39 is 0 Å². The minimum Gasteiger partial charge on any atom is -0.369 e. The smallest absolute Gasteiger partial charge is 0.0406 e. The lowest BCUT2D eigenvalue weighted by molar-refractivity contribution is 0.275. The molecule has 2 nitrogen and oxygen atoms in total. The summed E-state index contributed by atoms with van der Waals surface area (Å²) in [6.07, 6.45) is 7.83. The summed E-state index contributed by atoms with van der Waals surface area (Å²) < 4.78 is 0. The Labute approximate surface area is 174 Å². The van der Waals surface area contributed by atoms with Crippen molar-refractivity contribution in [3.8, 4) is 0 Å². The summed E-state index contributed by atoms with van der Waals surface area (Å²) in [6, 6.07) is 19.3. The molecule has 0 spiro atoms. The summed E-state index contributed by atoms with van der Waals surface area (Å²) in [6.45, 7) is 5.65. The van der Waals surface area contributed by atoms with Gasteiger partial charge in [-0.1, -0.05) is 60.3 Å². The zero-order chi connectivity index (χ0) is 19.2. The van der Waals surface area contributed by atoms with Crippen molar-refractivity contribution in [2.24, 2.45) is 0 Å². The predicted molar refractivity (Wildman–Crippen MR) is 121 cm³/mol. The van der Waals surface area contributed by atoms with Crippen molar-refractivity contribution in [3.63, 3.8) is 0 Å². The predicted octanol–water partition coefficient (Wildman–Crippen LogP) is 6.27. The number of hydrogen-bond acceptors (Lipinski definition) is 2. The lowest BCUT2D eigenvalue weighted by Crippen LogP contribution is -2.47. The van der Waals surface area contributed by atoms with E-state index in [4.69, 9.17) is 11.6 Å². The maximum absolute atomic E-state index is 6.14. The molecule has 1 aliphatic heterocycles. The fraction of sp³-hybridized carbons (Fsp3) is 0.440. The molecule has 28 heavy (non-hydrogen) atoms. The summed E-state index contributed by atoms with van der Waals surface area (Å²) in [5, 5.41) is 0.828. The number of rotatable bonds is 4. The highest BCUT2D eigenvalue weighted by Gasteiger charge is 2.20. The zero-order valence-electron chi connectivity index (χ0n) is 16.7. The van der Waals surface area contributed by atoms with Crippen LogP contribution in [-0.2, 0) is 0 Å². The Bertz CT molecular complexity index is 774. The fourth-order valence-electron chi connectivity index (χ4n) is 4.57. The standard InChI is InChI=1S/C25H31ClN2/c26-23-14-12-21(13-15-23)25-11-7-2-1-4-8-22(25)20-27-16-18-28(19-17-27)24-9-5-3-6-10-24/h3,5-6,9-10,12-15H,1-2,4,7-8,11,16-20H2/b25-22-. The first-order valence-electron chi connectivity index (χ1n) is 10.8. The van der Waals surface area contributed by atoms with Crippen LogP contribution in [-0.4, -0.2) is 37.6 Å². The second kappa shape index (κ2) is 9.62. The van der Waals surface area contributed by atoms with Gasteiger partial charge in [-0.25, -0.2) is 0 Å². The van der Waals surface area contributed by atoms with E-state index in [1.54, 1.807) is 11.1 Å². The number of benzene rings is 2. The maximum Gasteiger partial charge on any atom is 0.0406 e. The second-order valence-electron chi connectivity index (χ2n) is 8.10. The SMILES string of the molecule is Clc1ccc(/C2=C(\CN3CCN(c4ccccc4)CC3)CCCCCC2)cc1. The van der Waals surface area contributed by atoms with Crippen LogP contribution in [0.3, 0.4) is 0 Å². The van der Waals surface area contributed by atoms with Crippen molar-refractivity contribution in [1.29, 1.82) is 0 Å². The first-order valence-corrected chi connectivity index (χ1v) is 11.2. The molecule has 0 saturated carbocycles. The number of hydrogen-bond donors (Lipinski definition) is 0. The average Bonchev–Trinajstić information content (AvgIpc) is 2.72. The van der Waals surface area contributed by atoms with Crippen LogP contribution in [0.1, 0.15) is 44.1 Å². The van der Waals surface area contributed by atoms with Crippen molar-refractivity contribution >= 4 is 22.9 Å². The van der Waals surface area contributed by atoms with Crippen LogP contribution in [0.25, 0.3) is 5.57 Å². The second-order valence-corrected chi connectivity index (χ2v) is 8.54. The first-order chi connectivity index (χ1) is 13.8. The molecule has 2 aromatic carbocycles. The summed E-state index contributed by atoms with van der Waals surface area (Å²) >= 11 is 6.14. The Morgan fingerprint density at radius 3 is 2.11 bits per heavy atom. The van der Waals surface area contributed by atoms with Crippen LogP contribution >= 0.6 is 11.6 Å². The van der Waals surface area contributed by atoms with Crippen molar-refractivity contribution < 1.29 is 0 Å². The summed E-state index contributed by atoms with van der Waals surface area (Å²) in [4.78, 5) is 5.18. The van der Waals surface area contributed by atoms with E-state index in [0.717, 1.165) is 37.7 Å². The van der Waals surface area contributed by atoms with Crippen molar-refractivity contribution in [2.45, 2.75) is 38.5 Å². The van der Waals surface area contributed by atoms with Crippen molar-refractivity contribution in [2.75, 3.05) is 37.6 Å².